The van der Waals surface area contributed by atoms with Crippen molar-refractivity contribution >= 4 is 11.9 Å². The summed E-state index contributed by atoms with van der Waals surface area (Å²) in [6, 6.07) is 0. The number of hydrogen-bond donors (Lipinski definition) is 0. The van der Waals surface area contributed by atoms with E-state index in [1.807, 2.05) is 13.0 Å². The SMILES string of the molecule is CCC(=O)OCC=C(C)CCOC(=O)CC. The Morgan fingerprint density at radius 1 is 1.06 bits per heavy atom. The molecule has 0 saturated heterocycles. The van der Waals surface area contributed by atoms with Crippen molar-refractivity contribution < 1.29 is 19.1 Å². The molecule has 0 radical (unpaired) electrons. The monoisotopic (exact) mass is 228 g/mol. The summed E-state index contributed by atoms with van der Waals surface area (Å²) in [6.45, 7) is 6.11. The van der Waals surface area contributed by atoms with Gasteiger partial charge < -0.3 is 9.47 Å². The zero-order valence-electron chi connectivity index (χ0n) is 10.2. The standard InChI is InChI=1S/C12H20O4/c1-4-11(13)15-8-6-10(3)7-9-16-12(14)5-2/h6H,4-5,7-9H2,1-3H3. The summed E-state index contributed by atoms with van der Waals surface area (Å²) in [5.74, 6) is -0.397. The Morgan fingerprint density at radius 3 is 2.19 bits per heavy atom. The van der Waals surface area contributed by atoms with Crippen LogP contribution in [0.2, 0.25) is 0 Å². The molecule has 0 aromatic heterocycles. The lowest BCUT2D eigenvalue weighted by Gasteiger charge is -2.04. The minimum atomic E-state index is -0.207. The van der Waals surface area contributed by atoms with Crippen LogP contribution in [0.4, 0.5) is 0 Å². The zero-order valence-corrected chi connectivity index (χ0v) is 10.2. The summed E-state index contributed by atoms with van der Waals surface area (Å²) in [5, 5.41) is 0. The first-order valence-electron chi connectivity index (χ1n) is 5.57. The first-order valence-corrected chi connectivity index (χ1v) is 5.57. The van der Waals surface area contributed by atoms with Gasteiger partial charge in [0.05, 0.1) is 6.61 Å². The fourth-order valence-corrected chi connectivity index (χ4v) is 0.909. The van der Waals surface area contributed by atoms with Crippen molar-refractivity contribution in [3.63, 3.8) is 0 Å². The van der Waals surface area contributed by atoms with E-state index in [1.54, 1.807) is 13.8 Å². The molecule has 92 valence electrons. The van der Waals surface area contributed by atoms with Crippen LogP contribution in [0.3, 0.4) is 0 Å². The molecule has 0 aromatic carbocycles. The van der Waals surface area contributed by atoms with Gasteiger partial charge in [0, 0.05) is 19.3 Å². The molecule has 0 atom stereocenters. The van der Waals surface area contributed by atoms with Crippen molar-refractivity contribution in [3.05, 3.63) is 11.6 Å². The lowest BCUT2D eigenvalue weighted by Crippen LogP contribution is -2.05. The second kappa shape index (κ2) is 8.95. The predicted octanol–water partition coefficient (Wildman–Crippen LogP) is 2.23. The van der Waals surface area contributed by atoms with Crippen molar-refractivity contribution in [1.29, 1.82) is 0 Å². The predicted molar refractivity (Wildman–Crippen MR) is 60.9 cm³/mol. The molecule has 0 saturated carbocycles. The van der Waals surface area contributed by atoms with Crippen molar-refractivity contribution in [1.82, 2.24) is 0 Å². The Hall–Kier alpha value is -1.32. The topological polar surface area (TPSA) is 52.6 Å². The average molecular weight is 228 g/mol. The fourth-order valence-electron chi connectivity index (χ4n) is 0.909. The summed E-state index contributed by atoms with van der Waals surface area (Å²) >= 11 is 0. The van der Waals surface area contributed by atoms with Gasteiger partial charge in [-0.15, -0.1) is 0 Å². The molecule has 4 nitrogen and oxygen atoms in total. The van der Waals surface area contributed by atoms with Crippen LogP contribution in [-0.4, -0.2) is 25.2 Å². The summed E-state index contributed by atoms with van der Waals surface area (Å²) in [6.07, 6.45) is 3.29. The molecule has 4 heteroatoms. The van der Waals surface area contributed by atoms with E-state index in [1.165, 1.54) is 0 Å². The van der Waals surface area contributed by atoms with Crippen LogP contribution in [0, 0.1) is 0 Å². The summed E-state index contributed by atoms with van der Waals surface area (Å²) in [7, 11) is 0. The number of rotatable bonds is 7. The highest BCUT2D eigenvalue weighted by molar-refractivity contribution is 5.69. The van der Waals surface area contributed by atoms with Crippen molar-refractivity contribution in [3.8, 4) is 0 Å². The number of carbonyl (C=O) groups is 2. The first kappa shape index (κ1) is 14.7. The van der Waals surface area contributed by atoms with Crippen molar-refractivity contribution in [2.75, 3.05) is 13.2 Å². The number of carbonyl (C=O) groups excluding carboxylic acids is 2. The van der Waals surface area contributed by atoms with Crippen LogP contribution in [-0.2, 0) is 19.1 Å². The summed E-state index contributed by atoms with van der Waals surface area (Å²) in [4.78, 5) is 21.6. The number of esters is 2. The molecule has 0 fully saturated rings. The van der Waals surface area contributed by atoms with Gasteiger partial charge in [0.1, 0.15) is 6.61 Å². The van der Waals surface area contributed by atoms with E-state index in [0.29, 0.717) is 32.5 Å². The average Bonchev–Trinajstić information content (AvgIpc) is 2.28. The van der Waals surface area contributed by atoms with Gasteiger partial charge in [0.25, 0.3) is 0 Å². The molecule has 0 rings (SSSR count). The second-order valence-corrected chi connectivity index (χ2v) is 3.41. The first-order chi connectivity index (χ1) is 7.60. The molecule has 0 unspecified atom stereocenters. The van der Waals surface area contributed by atoms with Gasteiger partial charge in [-0.2, -0.15) is 0 Å². The van der Waals surface area contributed by atoms with Crippen molar-refractivity contribution in [2.24, 2.45) is 0 Å². The van der Waals surface area contributed by atoms with Gasteiger partial charge >= 0.3 is 11.9 Å². The highest BCUT2D eigenvalue weighted by atomic mass is 16.5. The maximum absolute atomic E-state index is 10.8. The van der Waals surface area contributed by atoms with Crippen LogP contribution < -0.4 is 0 Å². The third-order valence-electron chi connectivity index (χ3n) is 2.01. The van der Waals surface area contributed by atoms with Crippen LogP contribution in [0.5, 0.6) is 0 Å². The second-order valence-electron chi connectivity index (χ2n) is 3.41. The summed E-state index contributed by atoms with van der Waals surface area (Å²) in [5.41, 5.74) is 1.05. The fraction of sp³-hybridized carbons (Fsp3) is 0.667. The van der Waals surface area contributed by atoms with Gasteiger partial charge in [-0.05, 0) is 13.0 Å². The molecule has 0 aromatic rings. The molecular formula is C12H20O4. The largest absolute Gasteiger partial charge is 0.465 e. The van der Waals surface area contributed by atoms with E-state index < -0.39 is 0 Å². The van der Waals surface area contributed by atoms with E-state index in [2.05, 4.69) is 0 Å². The lowest BCUT2D eigenvalue weighted by molar-refractivity contribution is -0.143. The minimum Gasteiger partial charge on any atom is -0.465 e. The summed E-state index contributed by atoms with van der Waals surface area (Å²) < 4.78 is 9.81. The minimum absolute atomic E-state index is 0.190. The van der Waals surface area contributed by atoms with E-state index in [9.17, 15) is 9.59 Å². The van der Waals surface area contributed by atoms with Crippen LogP contribution >= 0.6 is 0 Å². The van der Waals surface area contributed by atoms with Gasteiger partial charge in [0.15, 0.2) is 0 Å². The molecule has 0 N–H and O–H groups in total. The van der Waals surface area contributed by atoms with Gasteiger partial charge in [-0.25, -0.2) is 0 Å². The third-order valence-corrected chi connectivity index (χ3v) is 2.01. The molecule has 0 aliphatic heterocycles. The van der Waals surface area contributed by atoms with E-state index in [0.717, 1.165) is 5.57 Å². The Morgan fingerprint density at radius 2 is 1.62 bits per heavy atom. The number of hydrogen-bond acceptors (Lipinski definition) is 4. The van der Waals surface area contributed by atoms with Crippen LogP contribution in [0.25, 0.3) is 0 Å². The van der Waals surface area contributed by atoms with Crippen LogP contribution in [0.15, 0.2) is 11.6 Å². The van der Waals surface area contributed by atoms with E-state index >= 15 is 0 Å². The smallest absolute Gasteiger partial charge is 0.305 e. The molecule has 0 spiro atoms. The molecule has 16 heavy (non-hydrogen) atoms. The molecular weight excluding hydrogens is 208 g/mol. The molecule has 0 bridgehead atoms. The molecule has 0 amide bonds. The highest BCUT2D eigenvalue weighted by Gasteiger charge is 1.99. The number of ether oxygens (including phenoxy) is 2. The van der Waals surface area contributed by atoms with Gasteiger partial charge in [-0.3, -0.25) is 9.59 Å². The Labute approximate surface area is 96.6 Å². The maximum Gasteiger partial charge on any atom is 0.305 e. The molecule has 0 aliphatic carbocycles. The molecule has 0 heterocycles. The van der Waals surface area contributed by atoms with Gasteiger partial charge in [0.2, 0.25) is 0 Å². The Balaban J connectivity index is 3.63. The Kier molecular flexibility index (Phi) is 8.21. The lowest BCUT2D eigenvalue weighted by atomic mass is 10.2. The molecule has 0 aliphatic rings. The van der Waals surface area contributed by atoms with E-state index in [-0.39, 0.29) is 11.9 Å². The van der Waals surface area contributed by atoms with Gasteiger partial charge in [-0.1, -0.05) is 19.4 Å². The van der Waals surface area contributed by atoms with Crippen LogP contribution in [0.1, 0.15) is 40.0 Å². The third kappa shape index (κ3) is 8.03. The normalized spacial score (nSPS) is 11.1. The Bertz CT molecular complexity index is 256. The quantitative estimate of drug-likeness (QED) is 0.495. The van der Waals surface area contributed by atoms with E-state index in [4.69, 9.17) is 9.47 Å². The highest BCUT2D eigenvalue weighted by Crippen LogP contribution is 2.01. The maximum atomic E-state index is 10.8. The van der Waals surface area contributed by atoms with Crippen molar-refractivity contribution in [2.45, 2.75) is 40.0 Å². The zero-order chi connectivity index (χ0) is 12.4.